The van der Waals surface area contributed by atoms with E-state index in [0.29, 0.717) is 0 Å². The first-order valence-corrected chi connectivity index (χ1v) is 6.70. The van der Waals surface area contributed by atoms with Crippen molar-refractivity contribution in [2.75, 3.05) is 17.2 Å². The summed E-state index contributed by atoms with van der Waals surface area (Å²) in [6.07, 6.45) is 3.93. The van der Waals surface area contributed by atoms with Crippen LogP contribution >= 0.6 is 0 Å². The van der Waals surface area contributed by atoms with Crippen LogP contribution in [0.1, 0.15) is 38.7 Å². The molecule has 0 aromatic heterocycles. The van der Waals surface area contributed by atoms with Gasteiger partial charge in [-0.3, -0.25) is 0 Å². The quantitative estimate of drug-likeness (QED) is 0.786. The van der Waals surface area contributed by atoms with Crippen LogP contribution in [0.25, 0.3) is 0 Å². The number of nitrogen functional groups attached to an aromatic ring is 1. The Morgan fingerprint density at radius 3 is 2.53 bits per heavy atom. The molecule has 2 nitrogen and oxygen atoms in total. The number of aryl methyl sites for hydroxylation is 1. The summed E-state index contributed by atoms with van der Waals surface area (Å²) >= 11 is 0. The average molecular weight is 232 g/mol. The van der Waals surface area contributed by atoms with Gasteiger partial charge in [-0.2, -0.15) is 0 Å². The zero-order valence-electron chi connectivity index (χ0n) is 11.2. The summed E-state index contributed by atoms with van der Waals surface area (Å²) in [5, 5.41) is 0. The highest BCUT2D eigenvalue weighted by molar-refractivity contribution is 5.59. The lowest BCUT2D eigenvalue weighted by atomic mass is 10.1. The van der Waals surface area contributed by atoms with Gasteiger partial charge in [0.25, 0.3) is 0 Å². The molecule has 1 aliphatic rings. The summed E-state index contributed by atoms with van der Waals surface area (Å²) in [6.45, 7) is 7.85. The molecule has 0 aliphatic heterocycles. The summed E-state index contributed by atoms with van der Waals surface area (Å²) in [6, 6.07) is 7.17. The molecule has 17 heavy (non-hydrogen) atoms. The maximum atomic E-state index is 5.95. The average Bonchev–Trinajstić information content (AvgIpc) is 3.00. The second kappa shape index (κ2) is 4.99. The Hall–Kier alpha value is -1.18. The second-order valence-corrected chi connectivity index (χ2v) is 5.71. The van der Waals surface area contributed by atoms with E-state index in [-0.39, 0.29) is 0 Å². The normalized spacial score (nSPS) is 15.3. The van der Waals surface area contributed by atoms with E-state index >= 15 is 0 Å². The van der Waals surface area contributed by atoms with E-state index in [1.165, 1.54) is 30.5 Å². The molecule has 0 atom stereocenters. The molecule has 1 aliphatic carbocycles. The molecule has 2 heteroatoms. The van der Waals surface area contributed by atoms with Gasteiger partial charge in [0.15, 0.2) is 0 Å². The first-order valence-electron chi connectivity index (χ1n) is 6.70. The van der Waals surface area contributed by atoms with Gasteiger partial charge in [-0.05, 0) is 55.9 Å². The Bertz CT molecular complexity index is 360. The summed E-state index contributed by atoms with van der Waals surface area (Å²) in [5.41, 5.74) is 9.40. The third-order valence-electron chi connectivity index (χ3n) is 3.35. The van der Waals surface area contributed by atoms with Crippen molar-refractivity contribution >= 4 is 11.4 Å². The predicted octanol–water partition coefficient (Wildman–Crippen LogP) is 3.59. The van der Waals surface area contributed by atoms with E-state index in [9.17, 15) is 0 Å². The fourth-order valence-corrected chi connectivity index (χ4v) is 2.26. The minimum atomic E-state index is 0.759. The maximum Gasteiger partial charge on any atom is 0.0392 e. The predicted molar refractivity (Wildman–Crippen MR) is 75.4 cm³/mol. The van der Waals surface area contributed by atoms with E-state index < -0.39 is 0 Å². The van der Waals surface area contributed by atoms with Crippen LogP contribution < -0.4 is 10.6 Å². The molecule has 94 valence electrons. The number of rotatable bonds is 5. The van der Waals surface area contributed by atoms with Crippen molar-refractivity contribution in [3.8, 4) is 0 Å². The molecule has 0 saturated heterocycles. The minimum Gasteiger partial charge on any atom is -0.399 e. The van der Waals surface area contributed by atoms with Crippen molar-refractivity contribution in [3.63, 3.8) is 0 Å². The Morgan fingerprint density at radius 1 is 1.29 bits per heavy atom. The van der Waals surface area contributed by atoms with Crippen LogP contribution in [-0.2, 0) is 0 Å². The van der Waals surface area contributed by atoms with Gasteiger partial charge < -0.3 is 10.6 Å². The first kappa shape index (κ1) is 12.3. The van der Waals surface area contributed by atoms with E-state index in [1.807, 2.05) is 6.07 Å². The van der Waals surface area contributed by atoms with Crippen LogP contribution in [0.3, 0.4) is 0 Å². The Balaban J connectivity index is 2.14. The monoisotopic (exact) mass is 232 g/mol. The molecular weight excluding hydrogens is 208 g/mol. The lowest BCUT2D eigenvalue weighted by Crippen LogP contribution is -2.27. The van der Waals surface area contributed by atoms with Gasteiger partial charge in [0.05, 0.1) is 0 Å². The Kier molecular flexibility index (Phi) is 3.60. The van der Waals surface area contributed by atoms with Crippen molar-refractivity contribution < 1.29 is 0 Å². The SMILES string of the molecule is Cc1cc(N)cc(N(CCC(C)C)C2CC2)c1. The standard InChI is InChI=1S/C15H24N2/c1-11(2)6-7-17(14-4-5-14)15-9-12(3)8-13(16)10-15/h8-11,14H,4-7,16H2,1-3H3. The fraction of sp³-hybridized carbons (Fsp3) is 0.600. The first-order chi connectivity index (χ1) is 8.06. The minimum absolute atomic E-state index is 0.759. The number of anilines is 2. The zero-order valence-corrected chi connectivity index (χ0v) is 11.2. The largest absolute Gasteiger partial charge is 0.399 e. The fourth-order valence-electron chi connectivity index (χ4n) is 2.26. The number of nitrogens with zero attached hydrogens (tertiary/aromatic N) is 1. The third kappa shape index (κ3) is 3.39. The van der Waals surface area contributed by atoms with Crippen molar-refractivity contribution in [3.05, 3.63) is 23.8 Å². The van der Waals surface area contributed by atoms with Crippen LogP contribution in [-0.4, -0.2) is 12.6 Å². The summed E-state index contributed by atoms with van der Waals surface area (Å²) in [5.74, 6) is 0.762. The van der Waals surface area contributed by atoms with Gasteiger partial charge in [0.2, 0.25) is 0 Å². The molecule has 1 aromatic rings. The van der Waals surface area contributed by atoms with E-state index in [4.69, 9.17) is 5.73 Å². The molecule has 1 saturated carbocycles. The molecule has 0 amide bonds. The highest BCUT2D eigenvalue weighted by Crippen LogP contribution is 2.33. The number of hydrogen-bond donors (Lipinski definition) is 1. The number of benzene rings is 1. The number of nitrogens with two attached hydrogens (primary N) is 1. The molecule has 1 fully saturated rings. The molecule has 0 radical (unpaired) electrons. The lowest BCUT2D eigenvalue weighted by molar-refractivity contribution is 0.571. The molecule has 0 unspecified atom stereocenters. The Morgan fingerprint density at radius 2 is 2.00 bits per heavy atom. The zero-order chi connectivity index (χ0) is 12.4. The maximum absolute atomic E-state index is 5.95. The van der Waals surface area contributed by atoms with Crippen LogP contribution in [0, 0.1) is 12.8 Å². The van der Waals surface area contributed by atoms with Crippen LogP contribution in [0.4, 0.5) is 11.4 Å². The molecular formula is C15H24N2. The van der Waals surface area contributed by atoms with Gasteiger partial charge in [0, 0.05) is 24.0 Å². The van der Waals surface area contributed by atoms with Gasteiger partial charge >= 0.3 is 0 Å². The smallest absolute Gasteiger partial charge is 0.0392 e. The summed E-state index contributed by atoms with van der Waals surface area (Å²) < 4.78 is 0. The summed E-state index contributed by atoms with van der Waals surface area (Å²) in [4.78, 5) is 2.54. The van der Waals surface area contributed by atoms with Crippen LogP contribution in [0.2, 0.25) is 0 Å². The van der Waals surface area contributed by atoms with Crippen LogP contribution in [0.5, 0.6) is 0 Å². The van der Waals surface area contributed by atoms with Crippen LogP contribution in [0.15, 0.2) is 18.2 Å². The van der Waals surface area contributed by atoms with Gasteiger partial charge in [-0.25, -0.2) is 0 Å². The summed E-state index contributed by atoms with van der Waals surface area (Å²) in [7, 11) is 0. The second-order valence-electron chi connectivity index (χ2n) is 5.71. The van der Waals surface area contributed by atoms with Gasteiger partial charge in [-0.15, -0.1) is 0 Å². The molecule has 0 bridgehead atoms. The lowest BCUT2D eigenvalue weighted by Gasteiger charge is -2.26. The van der Waals surface area contributed by atoms with Crippen molar-refractivity contribution in [2.45, 2.75) is 46.1 Å². The topological polar surface area (TPSA) is 29.3 Å². The van der Waals surface area contributed by atoms with Gasteiger partial charge in [-0.1, -0.05) is 13.8 Å². The van der Waals surface area contributed by atoms with E-state index in [1.54, 1.807) is 0 Å². The van der Waals surface area contributed by atoms with Crippen molar-refractivity contribution in [2.24, 2.45) is 5.92 Å². The molecule has 2 N–H and O–H groups in total. The van der Waals surface area contributed by atoms with E-state index in [2.05, 4.69) is 37.8 Å². The third-order valence-corrected chi connectivity index (χ3v) is 3.35. The van der Waals surface area contributed by atoms with Crippen molar-refractivity contribution in [1.82, 2.24) is 0 Å². The highest BCUT2D eigenvalue weighted by Gasteiger charge is 2.29. The molecule has 1 aromatic carbocycles. The van der Waals surface area contributed by atoms with Gasteiger partial charge in [0.1, 0.15) is 0 Å². The number of hydrogen-bond acceptors (Lipinski definition) is 2. The molecule has 0 heterocycles. The highest BCUT2D eigenvalue weighted by atomic mass is 15.2. The van der Waals surface area contributed by atoms with Crippen molar-refractivity contribution in [1.29, 1.82) is 0 Å². The molecule has 2 rings (SSSR count). The van der Waals surface area contributed by atoms with E-state index in [0.717, 1.165) is 24.2 Å². The Labute approximate surface area is 105 Å². The molecule has 0 spiro atoms.